The molecule has 0 aromatic heterocycles. The Hall–Kier alpha value is -2.10. The smallest absolute Gasteiger partial charge is 0.243 e. The lowest BCUT2D eigenvalue weighted by Gasteiger charge is -2.17. The minimum atomic E-state index is -3.75. The number of sulfonamides is 1. The van der Waals surface area contributed by atoms with Gasteiger partial charge in [0.15, 0.2) is 11.5 Å². The highest BCUT2D eigenvalue weighted by molar-refractivity contribution is 9.10. The summed E-state index contributed by atoms with van der Waals surface area (Å²) in [6.45, 7) is -0.173. The van der Waals surface area contributed by atoms with Gasteiger partial charge in [0, 0.05) is 23.3 Å². The third-order valence-corrected chi connectivity index (χ3v) is 5.89. The number of benzene rings is 2. The number of hydrogen-bond acceptors (Lipinski definition) is 5. The summed E-state index contributed by atoms with van der Waals surface area (Å²) >= 11 is 3.26. The summed E-state index contributed by atoms with van der Waals surface area (Å²) in [5, 5.41) is 2.65. The van der Waals surface area contributed by atoms with Crippen LogP contribution in [0.15, 0.2) is 51.8 Å². The molecule has 2 aromatic rings. The standard InChI is InChI=1S/C16H15BrN2O5S/c1-19(25(21,22)13-5-2-11(17)3-6-13)9-16(20)18-12-4-7-14-15(8-12)24-10-23-14/h2-8H,9-10H2,1H3,(H,18,20). The minimum Gasteiger partial charge on any atom is -0.454 e. The number of ether oxygens (including phenoxy) is 2. The van der Waals surface area contributed by atoms with E-state index < -0.39 is 15.9 Å². The molecular formula is C16H15BrN2O5S. The lowest BCUT2D eigenvalue weighted by atomic mass is 10.3. The highest BCUT2D eigenvalue weighted by Gasteiger charge is 2.23. The second-order valence-corrected chi connectivity index (χ2v) is 8.29. The molecule has 0 aliphatic carbocycles. The van der Waals surface area contributed by atoms with Gasteiger partial charge in [-0.3, -0.25) is 4.79 Å². The molecular weight excluding hydrogens is 412 g/mol. The Morgan fingerprint density at radius 3 is 2.56 bits per heavy atom. The average molecular weight is 427 g/mol. The molecule has 0 atom stereocenters. The fourth-order valence-electron chi connectivity index (χ4n) is 2.25. The predicted molar refractivity (Wildman–Crippen MR) is 95.2 cm³/mol. The van der Waals surface area contributed by atoms with Gasteiger partial charge >= 0.3 is 0 Å². The van der Waals surface area contributed by atoms with Gasteiger partial charge in [-0.15, -0.1) is 0 Å². The zero-order valence-electron chi connectivity index (χ0n) is 13.2. The van der Waals surface area contributed by atoms with Crippen LogP contribution in [0.1, 0.15) is 0 Å². The van der Waals surface area contributed by atoms with Crippen molar-refractivity contribution in [2.24, 2.45) is 0 Å². The molecule has 1 N–H and O–H groups in total. The monoisotopic (exact) mass is 426 g/mol. The zero-order valence-corrected chi connectivity index (χ0v) is 15.6. The largest absolute Gasteiger partial charge is 0.454 e. The SMILES string of the molecule is CN(CC(=O)Nc1ccc2c(c1)OCO2)S(=O)(=O)c1ccc(Br)cc1. The number of rotatable bonds is 5. The van der Waals surface area contributed by atoms with Gasteiger partial charge in [0.05, 0.1) is 11.4 Å². The molecule has 1 amide bonds. The molecule has 0 unspecified atom stereocenters. The third-order valence-electron chi connectivity index (χ3n) is 3.54. The molecule has 0 saturated carbocycles. The quantitative estimate of drug-likeness (QED) is 0.793. The molecule has 2 aromatic carbocycles. The maximum absolute atomic E-state index is 12.5. The van der Waals surface area contributed by atoms with Crippen molar-refractivity contribution in [3.8, 4) is 11.5 Å². The number of nitrogens with one attached hydrogen (secondary N) is 1. The van der Waals surface area contributed by atoms with E-state index in [0.29, 0.717) is 17.2 Å². The van der Waals surface area contributed by atoms with Crippen LogP contribution >= 0.6 is 15.9 Å². The Morgan fingerprint density at radius 2 is 1.84 bits per heavy atom. The van der Waals surface area contributed by atoms with E-state index in [1.807, 2.05) is 0 Å². The number of carbonyl (C=O) groups is 1. The lowest BCUT2D eigenvalue weighted by Crippen LogP contribution is -2.34. The van der Waals surface area contributed by atoms with Crippen LogP contribution in [0, 0.1) is 0 Å². The van der Waals surface area contributed by atoms with Crippen LogP contribution in [0.25, 0.3) is 0 Å². The van der Waals surface area contributed by atoms with Crippen LogP contribution < -0.4 is 14.8 Å². The summed E-state index contributed by atoms with van der Waals surface area (Å²) in [4.78, 5) is 12.3. The van der Waals surface area contributed by atoms with Gasteiger partial charge in [-0.1, -0.05) is 15.9 Å². The second kappa shape index (κ2) is 7.03. The molecule has 1 heterocycles. The minimum absolute atomic E-state index is 0.120. The molecule has 0 fully saturated rings. The van der Waals surface area contributed by atoms with Crippen LogP contribution in [0.3, 0.4) is 0 Å². The molecule has 132 valence electrons. The number of halogens is 1. The van der Waals surface area contributed by atoms with Gasteiger partial charge in [0.1, 0.15) is 0 Å². The second-order valence-electron chi connectivity index (χ2n) is 5.33. The van der Waals surface area contributed by atoms with E-state index >= 15 is 0 Å². The van der Waals surface area contributed by atoms with Crippen molar-refractivity contribution in [1.29, 1.82) is 0 Å². The summed E-state index contributed by atoms with van der Waals surface area (Å²) in [7, 11) is -2.39. The van der Waals surface area contributed by atoms with Crippen molar-refractivity contribution in [2.75, 3.05) is 25.7 Å². The van der Waals surface area contributed by atoms with Gasteiger partial charge in [0.2, 0.25) is 22.7 Å². The number of nitrogens with zero attached hydrogens (tertiary/aromatic N) is 1. The highest BCUT2D eigenvalue weighted by Crippen LogP contribution is 2.34. The molecule has 9 heteroatoms. The Kier molecular flexibility index (Phi) is 4.98. The van der Waals surface area contributed by atoms with Gasteiger partial charge in [-0.2, -0.15) is 4.31 Å². The number of carbonyl (C=O) groups excluding carboxylic acids is 1. The van der Waals surface area contributed by atoms with E-state index in [2.05, 4.69) is 21.2 Å². The van der Waals surface area contributed by atoms with Crippen LogP contribution in [0.2, 0.25) is 0 Å². The first kappa shape index (κ1) is 17.7. The van der Waals surface area contributed by atoms with Gasteiger partial charge in [-0.05, 0) is 36.4 Å². The van der Waals surface area contributed by atoms with Crippen molar-refractivity contribution >= 4 is 37.5 Å². The number of anilines is 1. The van der Waals surface area contributed by atoms with Crippen LogP contribution in [-0.4, -0.2) is 39.0 Å². The van der Waals surface area contributed by atoms with Crippen molar-refractivity contribution in [3.63, 3.8) is 0 Å². The summed E-state index contributed by atoms with van der Waals surface area (Å²) < 4.78 is 37.2. The Labute approximate surface area is 153 Å². The maximum Gasteiger partial charge on any atom is 0.243 e. The Bertz CT molecular complexity index is 899. The summed E-state index contributed by atoms with van der Waals surface area (Å²) in [5.74, 6) is 0.684. The zero-order chi connectivity index (χ0) is 18.0. The van der Waals surface area contributed by atoms with E-state index in [0.717, 1.165) is 8.78 Å². The normalized spacial score (nSPS) is 13.1. The lowest BCUT2D eigenvalue weighted by molar-refractivity contribution is -0.116. The highest BCUT2D eigenvalue weighted by atomic mass is 79.9. The topological polar surface area (TPSA) is 84.9 Å². The number of hydrogen-bond donors (Lipinski definition) is 1. The van der Waals surface area contributed by atoms with Crippen LogP contribution in [-0.2, 0) is 14.8 Å². The molecule has 0 saturated heterocycles. The molecule has 1 aliphatic heterocycles. The maximum atomic E-state index is 12.5. The van der Waals surface area contributed by atoms with Crippen LogP contribution in [0.5, 0.6) is 11.5 Å². The fourth-order valence-corrected chi connectivity index (χ4v) is 3.64. The van der Waals surface area contributed by atoms with E-state index in [1.165, 1.54) is 19.2 Å². The summed E-state index contributed by atoms with van der Waals surface area (Å²) in [5.41, 5.74) is 0.503. The van der Waals surface area contributed by atoms with Gasteiger partial charge in [-0.25, -0.2) is 8.42 Å². The van der Waals surface area contributed by atoms with E-state index in [-0.39, 0.29) is 18.2 Å². The third kappa shape index (κ3) is 3.94. The van der Waals surface area contributed by atoms with E-state index in [9.17, 15) is 13.2 Å². The molecule has 0 radical (unpaired) electrons. The number of likely N-dealkylation sites (N-methyl/N-ethyl adjacent to an activating group) is 1. The first-order valence-corrected chi connectivity index (χ1v) is 9.51. The molecule has 7 nitrogen and oxygen atoms in total. The van der Waals surface area contributed by atoms with E-state index in [4.69, 9.17) is 9.47 Å². The number of fused-ring (bicyclic) bond motifs is 1. The molecule has 1 aliphatic rings. The summed E-state index contributed by atoms with van der Waals surface area (Å²) in [6, 6.07) is 11.2. The molecule has 25 heavy (non-hydrogen) atoms. The number of amides is 1. The van der Waals surface area contributed by atoms with Crippen LogP contribution in [0.4, 0.5) is 5.69 Å². The summed E-state index contributed by atoms with van der Waals surface area (Å²) in [6.07, 6.45) is 0. The van der Waals surface area contributed by atoms with Gasteiger partial charge in [0.25, 0.3) is 0 Å². The fraction of sp³-hybridized carbons (Fsp3) is 0.188. The van der Waals surface area contributed by atoms with Crippen molar-refractivity contribution in [3.05, 3.63) is 46.9 Å². The average Bonchev–Trinajstić information content (AvgIpc) is 3.02. The molecule has 3 rings (SSSR count). The predicted octanol–water partition coefficient (Wildman–Crippen LogP) is 2.44. The van der Waals surface area contributed by atoms with Crippen molar-refractivity contribution in [2.45, 2.75) is 4.90 Å². The first-order valence-electron chi connectivity index (χ1n) is 7.28. The van der Waals surface area contributed by atoms with Crippen molar-refractivity contribution in [1.82, 2.24) is 4.31 Å². The van der Waals surface area contributed by atoms with E-state index in [1.54, 1.807) is 30.3 Å². The molecule has 0 spiro atoms. The Morgan fingerprint density at radius 1 is 1.16 bits per heavy atom. The Balaban J connectivity index is 1.66. The molecule has 0 bridgehead atoms. The van der Waals surface area contributed by atoms with Crippen molar-refractivity contribution < 1.29 is 22.7 Å². The van der Waals surface area contributed by atoms with Gasteiger partial charge < -0.3 is 14.8 Å². The first-order chi connectivity index (χ1) is 11.9.